The lowest BCUT2D eigenvalue weighted by Gasteiger charge is -2.12. The monoisotopic (exact) mass is 270 g/mol. The Morgan fingerprint density at radius 3 is 2.75 bits per heavy atom. The van der Waals surface area contributed by atoms with Gasteiger partial charge in [0, 0.05) is 30.3 Å². The van der Waals surface area contributed by atoms with Gasteiger partial charge in [0.1, 0.15) is 12.4 Å². The van der Waals surface area contributed by atoms with Crippen LogP contribution in [0.4, 0.5) is 5.69 Å². The lowest BCUT2D eigenvalue weighted by molar-refractivity contribution is -0.384. The van der Waals surface area contributed by atoms with Gasteiger partial charge in [-0.3, -0.25) is 10.1 Å². The van der Waals surface area contributed by atoms with Gasteiger partial charge in [0.25, 0.3) is 5.69 Å². The van der Waals surface area contributed by atoms with E-state index in [0.717, 1.165) is 23.4 Å². The van der Waals surface area contributed by atoms with Crippen LogP contribution in [0.3, 0.4) is 0 Å². The number of fused-ring (bicyclic) bond motifs is 1. The molecule has 0 amide bonds. The third kappa shape index (κ3) is 2.23. The Labute approximate surface area is 116 Å². The molecule has 0 fully saturated rings. The first kappa shape index (κ1) is 12.6. The van der Waals surface area contributed by atoms with Gasteiger partial charge in [-0.05, 0) is 6.07 Å². The molecule has 2 aromatic rings. The predicted octanol–water partition coefficient (Wildman–Crippen LogP) is 2.74. The van der Waals surface area contributed by atoms with Crippen LogP contribution in [0.1, 0.15) is 5.56 Å². The van der Waals surface area contributed by atoms with Crippen LogP contribution in [0, 0.1) is 10.1 Å². The molecule has 1 aliphatic heterocycles. The summed E-state index contributed by atoms with van der Waals surface area (Å²) in [6, 6.07) is 12.5. The van der Waals surface area contributed by atoms with E-state index in [1.165, 1.54) is 6.07 Å². The van der Waals surface area contributed by atoms with E-state index < -0.39 is 0 Å². The minimum atomic E-state index is -0.357. The largest absolute Gasteiger partial charge is 0.491 e. The molecule has 0 unspecified atom stereocenters. The molecule has 0 saturated heterocycles. The van der Waals surface area contributed by atoms with Crippen molar-refractivity contribution in [1.82, 2.24) is 5.32 Å². The van der Waals surface area contributed by atoms with Crippen LogP contribution >= 0.6 is 0 Å². The Hall–Kier alpha value is -2.40. The van der Waals surface area contributed by atoms with Gasteiger partial charge in [0.2, 0.25) is 0 Å². The van der Waals surface area contributed by atoms with E-state index in [1.54, 1.807) is 18.2 Å². The molecule has 102 valence electrons. The van der Waals surface area contributed by atoms with E-state index in [4.69, 9.17) is 4.74 Å². The van der Waals surface area contributed by atoms with E-state index in [9.17, 15) is 10.1 Å². The third-order valence-corrected chi connectivity index (χ3v) is 3.33. The third-order valence-electron chi connectivity index (χ3n) is 3.33. The van der Waals surface area contributed by atoms with E-state index in [2.05, 4.69) is 5.32 Å². The number of hydrogen-bond donors (Lipinski definition) is 1. The maximum atomic E-state index is 11.2. The number of para-hydroxylation sites is 2. The zero-order chi connectivity index (χ0) is 13.9. The smallest absolute Gasteiger partial charge is 0.277 e. The van der Waals surface area contributed by atoms with Crippen molar-refractivity contribution in [3.05, 3.63) is 58.1 Å². The van der Waals surface area contributed by atoms with Gasteiger partial charge in [0.15, 0.2) is 0 Å². The molecule has 0 atom stereocenters. The van der Waals surface area contributed by atoms with Crippen molar-refractivity contribution in [3.8, 4) is 16.9 Å². The minimum absolute atomic E-state index is 0.0988. The highest BCUT2D eigenvalue weighted by Crippen LogP contribution is 2.38. The number of nitrogens with zero attached hydrogens (tertiary/aromatic N) is 1. The Bertz CT molecular complexity index is 655. The van der Waals surface area contributed by atoms with E-state index >= 15 is 0 Å². The molecular weight excluding hydrogens is 256 g/mol. The molecule has 1 aliphatic rings. The Kier molecular flexibility index (Phi) is 3.35. The van der Waals surface area contributed by atoms with Crippen LogP contribution in [-0.2, 0) is 6.54 Å². The van der Waals surface area contributed by atoms with Gasteiger partial charge in [-0.1, -0.05) is 30.3 Å². The summed E-state index contributed by atoms with van der Waals surface area (Å²) < 4.78 is 5.78. The number of hydrogen-bond acceptors (Lipinski definition) is 4. The summed E-state index contributed by atoms with van der Waals surface area (Å²) in [5.41, 5.74) is 2.50. The second-order valence-electron chi connectivity index (χ2n) is 4.59. The molecule has 0 radical (unpaired) electrons. The molecule has 0 bridgehead atoms. The number of nitrogens with one attached hydrogen (secondary N) is 1. The highest BCUT2D eigenvalue weighted by Gasteiger charge is 2.20. The lowest BCUT2D eigenvalue weighted by atomic mass is 10.00. The molecule has 5 nitrogen and oxygen atoms in total. The molecule has 0 spiro atoms. The predicted molar refractivity (Wildman–Crippen MR) is 75.7 cm³/mol. The summed E-state index contributed by atoms with van der Waals surface area (Å²) in [7, 11) is 0. The van der Waals surface area contributed by atoms with Crippen molar-refractivity contribution in [2.45, 2.75) is 6.54 Å². The van der Waals surface area contributed by atoms with E-state index in [1.807, 2.05) is 18.2 Å². The summed E-state index contributed by atoms with van der Waals surface area (Å²) in [5, 5.41) is 14.4. The van der Waals surface area contributed by atoms with Crippen LogP contribution in [0.15, 0.2) is 42.5 Å². The van der Waals surface area contributed by atoms with Gasteiger partial charge in [-0.15, -0.1) is 0 Å². The van der Waals surface area contributed by atoms with Crippen LogP contribution in [-0.4, -0.2) is 18.1 Å². The highest BCUT2D eigenvalue weighted by molar-refractivity contribution is 5.79. The van der Waals surface area contributed by atoms with Gasteiger partial charge in [0.05, 0.1) is 10.5 Å². The molecule has 1 N–H and O–H groups in total. The molecule has 0 aliphatic carbocycles. The van der Waals surface area contributed by atoms with Gasteiger partial charge in [-0.25, -0.2) is 0 Å². The Morgan fingerprint density at radius 1 is 1.10 bits per heavy atom. The molecule has 20 heavy (non-hydrogen) atoms. The van der Waals surface area contributed by atoms with Crippen molar-refractivity contribution in [2.24, 2.45) is 0 Å². The number of rotatable bonds is 2. The summed E-state index contributed by atoms with van der Waals surface area (Å²) in [4.78, 5) is 10.8. The number of ether oxygens (including phenoxy) is 1. The van der Waals surface area contributed by atoms with Crippen LogP contribution < -0.4 is 10.1 Å². The fourth-order valence-electron chi connectivity index (χ4n) is 2.42. The summed E-state index contributed by atoms with van der Waals surface area (Å²) in [5.74, 6) is 0.742. The first-order valence-corrected chi connectivity index (χ1v) is 6.46. The molecule has 0 aromatic heterocycles. The second kappa shape index (κ2) is 5.30. The summed E-state index contributed by atoms with van der Waals surface area (Å²) in [6.07, 6.45) is 0. The van der Waals surface area contributed by atoms with Gasteiger partial charge in [-0.2, -0.15) is 0 Å². The van der Waals surface area contributed by atoms with Gasteiger partial charge < -0.3 is 10.1 Å². The maximum absolute atomic E-state index is 11.2. The van der Waals surface area contributed by atoms with Crippen LogP contribution in [0.25, 0.3) is 11.1 Å². The van der Waals surface area contributed by atoms with Crippen molar-refractivity contribution in [1.29, 1.82) is 0 Å². The molecule has 0 saturated carbocycles. The van der Waals surface area contributed by atoms with Gasteiger partial charge >= 0.3 is 0 Å². The fourth-order valence-corrected chi connectivity index (χ4v) is 2.42. The topological polar surface area (TPSA) is 64.4 Å². The van der Waals surface area contributed by atoms with Crippen molar-refractivity contribution in [3.63, 3.8) is 0 Å². The average Bonchev–Trinajstić information content (AvgIpc) is 2.72. The van der Waals surface area contributed by atoms with E-state index in [0.29, 0.717) is 18.7 Å². The molecular formula is C15H14N2O3. The zero-order valence-electron chi connectivity index (χ0n) is 10.8. The van der Waals surface area contributed by atoms with Crippen molar-refractivity contribution < 1.29 is 9.66 Å². The molecule has 5 heteroatoms. The molecule has 1 heterocycles. The minimum Gasteiger partial charge on any atom is -0.491 e. The second-order valence-corrected chi connectivity index (χ2v) is 4.59. The first-order chi connectivity index (χ1) is 9.77. The number of nitro groups is 1. The quantitative estimate of drug-likeness (QED) is 0.673. The zero-order valence-corrected chi connectivity index (χ0v) is 10.8. The molecule has 3 rings (SSSR count). The summed E-state index contributed by atoms with van der Waals surface area (Å²) in [6.45, 7) is 2.04. The average molecular weight is 270 g/mol. The van der Waals surface area contributed by atoms with Crippen LogP contribution in [0.5, 0.6) is 5.75 Å². The fraction of sp³-hybridized carbons (Fsp3) is 0.200. The number of benzene rings is 2. The SMILES string of the molecule is O=[N+]([O-])c1ccccc1-c1cccc2c1OCCNC2. The van der Waals surface area contributed by atoms with Crippen molar-refractivity contribution in [2.75, 3.05) is 13.2 Å². The summed E-state index contributed by atoms with van der Waals surface area (Å²) >= 11 is 0. The standard InChI is InChI=1S/C15H14N2O3/c18-17(19)14-7-2-1-5-12(14)13-6-3-4-11-10-16-8-9-20-15(11)13/h1-7,16H,8-10H2. The highest BCUT2D eigenvalue weighted by atomic mass is 16.6. The first-order valence-electron chi connectivity index (χ1n) is 6.46. The Morgan fingerprint density at radius 2 is 1.90 bits per heavy atom. The van der Waals surface area contributed by atoms with Crippen LogP contribution in [0.2, 0.25) is 0 Å². The normalized spacial score (nSPS) is 14.0. The van der Waals surface area contributed by atoms with Crippen molar-refractivity contribution >= 4 is 5.69 Å². The lowest BCUT2D eigenvalue weighted by Crippen LogP contribution is -2.16. The maximum Gasteiger partial charge on any atom is 0.277 e. The Balaban J connectivity index is 2.18. The molecule has 2 aromatic carbocycles. The number of nitro benzene ring substituents is 1. The van der Waals surface area contributed by atoms with E-state index in [-0.39, 0.29) is 10.6 Å².